The van der Waals surface area contributed by atoms with Gasteiger partial charge in [-0.3, -0.25) is 19.1 Å². The van der Waals surface area contributed by atoms with Gasteiger partial charge in [0, 0.05) is 20.6 Å². The predicted octanol–water partition coefficient (Wildman–Crippen LogP) is 1.26. The highest BCUT2D eigenvalue weighted by atomic mass is 16.5. The SMILES string of the molecule is CC(O)CCCCCCCCn1c(=O)c2c(n(C)c1=O)N(O)CN2C. The maximum atomic E-state index is 12.6. The molecule has 1 aliphatic heterocycles. The number of hydroxylamine groups is 1. The van der Waals surface area contributed by atoms with Gasteiger partial charge in [-0.15, -0.1) is 0 Å². The summed E-state index contributed by atoms with van der Waals surface area (Å²) in [6.07, 6.45) is 6.65. The van der Waals surface area contributed by atoms with Crippen molar-refractivity contribution in [1.82, 2.24) is 9.13 Å². The summed E-state index contributed by atoms with van der Waals surface area (Å²) in [4.78, 5) is 26.7. The predicted molar refractivity (Wildman–Crippen MR) is 97.5 cm³/mol. The Labute approximate surface area is 147 Å². The van der Waals surface area contributed by atoms with Gasteiger partial charge in [0.25, 0.3) is 5.56 Å². The van der Waals surface area contributed by atoms with Gasteiger partial charge in [0.05, 0.1) is 6.10 Å². The smallest absolute Gasteiger partial charge is 0.332 e. The van der Waals surface area contributed by atoms with Crippen LogP contribution < -0.4 is 21.2 Å². The monoisotopic (exact) mass is 354 g/mol. The van der Waals surface area contributed by atoms with Gasteiger partial charge in [0.15, 0.2) is 5.82 Å². The van der Waals surface area contributed by atoms with E-state index in [0.29, 0.717) is 12.2 Å². The highest BCUT2D eigenvalue weighted by Gasteiger charge is 2.30. The van der Waals surface area contributed by atoms with Crippen LogP contribution >= 0.6 is 0 Å². The zero-order valence-electron chi connectivity index (χ0n) is 15.4. The Bertz CT molecular complexity index is 695. The van der Waals surface area contributed by atoms with E-state index in [1.54, 1.807) is 19.0 Å². The minimum Gasteiger partial charge on any atom is -0.393 e. The lowest BCUT2D eigenvalue weighted by molar-refractivity contribution is 0.180. The number of fused-ring (bicyclic) bond motifs is 1. The van der Waals surface area contributed by atoms with E-state index < -0.39 is 5.69 Å². The summed E-state index contributed by atoms with van der Waals surface area (Å²) in [5.41, 5.74) is -0.369. The standard InChI is InChI=1S/C17H30N4O4/c1-13(22)10-8-6-4-5-7-9-11-20-16(23)14-15(19(3)17(20)24)21(25)12-18(14)2/h13,22,25H,4-12H2,1-3H3. The van der Waals surface area contributed by atoms with Gasteiger partial charge in [0.1, 0.15) is 12.4 Å². The minimum atomic E-state index is -0.393. The molecule has 142 valence electrons. The molecular formula is C17H30N4O4. The molecule has 0 spiro atoms. The van der Waals surface area contributed by atoms with Crippen molar-refractivity contribution in [2.24, 2.45) is 7.05 Å². The van der Waals surface area contributed by atoms with E-state index in [9.17, 15) is 19.9 Å². The largest absolute Gasteiger partial charge is 0.393 e. The van der Waals surface area contributed by atoms with Crippen molar-refractivity contribution in [3.63, 3.8) is 0 Å². The number of aliphatic hydroxyl groups excluding tert-OH is 1. The highest BCUT2D eigenvalue weighted by Crippen LogP contribution is 2.28. The first kappa shape index (κ1) is 19.5. The summed E-state index contributed by atoms with van der Waals surface area (Å²) in [6.45, 7) is 2.38. The highest BCUT2D eigenvalue weighted by molar-refractivity contribution is 5.69. The molecule has 0 bridgehead atoms. The Kier molecular flexibility index (Phi) is 6.66. The zero-order valence-corrected chi connectivity index (χ0v) is 15.4. The molecule has 2 heterocycles. The molecule has 0 saturated carbocycles. The van der Waals surface area contributed by atoms with E-state index in [-0.39, 0.29) is 24.1 Å². The average Bonchev–Trinajstić information content (AvgIpc) is 2.84. The van der Waals surface area contributed by atoms with E-state index in [1.165, 1.54) is 9.13 Å². The maximum Gasteiger partial charge on any atom is 0.332 e. The molecule has 0 aromatic carbocycles. The number of rotatable bonds is 9. The lowest BCUT2D eigenvalue weighted by Crippen LogP contribution is -2.40. The van der Waals surface area contributed by atoms with Gasteiger partial charge in [0.2, 0.25) is 0 Å². The Morgan fingerprint density at radius 3 is 2.28 bits per heavy atom. The molecule has 2 rings (SSSR count). The van der Waals surface area contributed by atoms with Gasteiger partial charge in [-0.2, -0.15) is 0 Å². The van der Waals surface area contributed by atoms with Gasteiger partial charge < -0.3 is 10.0 Å². The summed E-state index contributed by atoms with van der Waals surface area (Å²) in [7, 11) is 3.29. The molecule has 8 nitrogen and oxygen atoms in total. The molecule has 1 atom stereocenters. The number of anilines is 2. The Morgan fingerprint density at radius 1 is 1.04 bits per heavy atom. The summed E-state index contributed by atoms with van der Waals surface area (Å²) in [5, 5.41) is 20.0. The topological polar surface area (TPSA) is 90.9 Å². The molecular weight excluding hydrogens is 324 g/mol. The quantitative estimate of drug-likeness (QED) is 0.649. The number of unbranched alkanes of at least 4 members (excludes halogenated alkanes) is 5. The van der Waals surface area contributed by atoms with Crippen LogP contribution in [0.4, 0.5) is 11.5 Å². The maximum absolute atomic E-state index is 12.6. The number of aliphatic hydroxyl groups is 1. The third kappa shape index (κ3) is 4.43. The van der Waals surface area contributed by atoms with E-state index in [0.717, 1.165) is 50.0 Å². The normalized spacial score (nSPS) is 14.9. The van der Waals surface area contributed by atoms with Crippen molar-refractivity contribution >= 4 is 11.5 Å². The van der Waals surface area contributed by atoms with Crippen molar-refractivity contribution in [1.29, 1.82) is 0 Å². The summed E-state index contributed by atoms with van der Waals surface area (Å²) in [6, 6.07) is 0. The summed E-state index contributed by atoms with van der Waals surface area (Å²) < 4.78 is 2.60. The lowest BCUT2D eigenvalue weighted by atomic mass is 10.1. The molecule has 0 aliphatic carbocycles. The van der Waals surface area contributed by atoms with Crippen molar-refractivity contribution in [2.75, 3.05) is 23.7 Å². The van der Waals surface area contributed by atoms with Crippen LogP contribution in [0, 0.1) is 0 Å². The van der Waals surface area contributed by atoms with Gasteiger partial charge in [-0.05, 0) is 19.8 Å². The molecule has 1 aromatic rings. The molecule has 1 unspecified atom stereocenters. The van der Waals surface area contributed by atoms with E-state index in [2.05, 4.69) is 0 Å². The van der Waals surface area contributed by atoms with Crippen LogP contribution in [-0.2, 0) is 13.6 Å². The second-order valence-corrected chi connectivity index (χ2v) is 6.97. The van der Waals surface area contributed by atoms with Crippen LogP contribution in [0.1, 0.15) is 51.9 Å². The van der Waals surface area contributed by atoms with Gasteiger partial charge >= 0.3 is 5.69 Å². The fraction of sp³-hybridized carbons (Fsp3) is 0.765. The second-order valence-electron chi connectivity index (χ2n) is 6.97. The van der Waals surface area contributed by atoms with Crippen molar-refractivity contribution in [2.45, 2.75) is 64.5 Å². The van der Waals surface area contributed by atoms with Crippen molar-refractivity contribution in [3.05, 3.63) is 20.8 Å². The zero-order chi connectivity index (χ0) is 18.6. The molecule has 25 heavy (non-hydrogen) atoms. The number of hydrogen-bond acceptors (Lipinski definition) is 6. The summed E-state index contributed by atoms with van der Waals surface area (Å²) >= 11 is 0. The third-order valence-corrected chi connectivity index (χ3v) is 4.72. The van der Waals surface area contributed by atoms with Gasteiger partial charge in [-0.25, -0.2) is 9.86 Å². The van der Waals surface area contributed by atoms with Crippen LogP contribution in [0.25, 0.3) is 0 Å². The molecule has 2 N–H and O–H groups in total. The van der Waals surface area contributed by atoms with Crippen molar-refractivity contribution in [3.8, 4) is 0 Å². The molecule has 0 radical (unpaired) electrons. The lowest BCUT2D eigenvalue weighted by Gasteiger charge is -2.14. The molecule has 1 aliphatic rings. The fourth-order valence-corrected chi connectivity index (χ4v) is 3.32. The first-order valence-electron chi connectivity index (χ1n) is 9.04. The Morgan fingerprint density at radius 2 is 1.64 bits per heavy atom. The number of hydrogen-bond donors (Lipinski definition) is 2. The van der Waals surface area contributed by atoms with Crippen LogP contribution in [0.5, 0.6) is 0 Å². The Hall–Kier alpha value is -1.80. The fourth-order valence-electron chi connectivity index (χ4n) is 3.32. The third-order valence-electron chi connectivity index (χ3n) is 4.72. The van der Waals surface area contributed by atoms with Crippen LogP contribution in [0.2, 0.25) is 0 Å². The second kappa shape index (κ2) is 8.53. The molecule has 8 heteroatoms. The molecule has 0 amide bonds. The molecule has 1 aromatic heterocycles. The first-order valence-corrected chi connectivity index (χ1v) is 9.04. The van der Waals surface area contributed by atoms with E-state index >= 15 is 0 Å². The first-order chi connectivity index (χ1) is 11.8. The van der Waals surface area contributed by atoms with Crippen LogP contribution in [0.3, 0.4) is 0 Å². The minimum absolute atomic E-state index is 0.175. The molecule has 0 saturated heterocycles. The summed E-state index contributed by atoms with van der Waals surface area (Å²) in [5.74, 6) is 0.256. The van der Waals surface area contributed by atoms with E-state index in [4.69, 9.17) is 0 Å². The molecule has 0 fully saturated rings. The van der Waals surface area contributed by atoms with Crippen LogP contribution in [0.15, 0.2) is 9.59 Å². The van der Waals surface area contributed by atoms with Gasteiger partial charge in [-0.1, -0.05) is 32.1 Å². The van der Waals surface area contributed by atoms with Crippen molar-refractivity contribution < 1.29 is 10.3 Å². The number of nitrogens with zero attached hydrogens (tertiary/aromatic N) is 4. The average molecular weight is 354 g/mol. The van der Waals surface area contributed by atoms with E-state index in [1.807, 2.05) is 6.92 Å². The number of aromatic nitrogens is 2. The Balaban J connectivity index is 1.91. The van der Waals surface area contributed by atoms with Crippen LogP contribution in [-0.4, -0.2) is 39.3 Å².